The van der Waals surface area contributed by atoms with Crippen LogP contribution in [0.15, 0.2) is 77.6 Å². The summed E-state index contributed by atoms with van der Waals surface area (Å²) in [6.07, 6.45) is 2.48. The smallest absolute Gasteiger partial charge is 0.336 e. The predicted octanol–water partition coefficient (Wildman–Crippen LogP) is 4.86. The zero-order valence-corrected chi connectivity index (χ0v) is 18.9. The van der Waals surface area contributed by atoms with Crippen molar-refractivity contribution in [2.45, 2.75) is 45.1 Å². The number of para-hydroxylation sites is 1. The van der Waals surface area contributed by atoms with E-state index in [0.29, 0.717) is 23.4 Å². The van der Waals surface area contributed by atoms with Crippen molar-refractivity contribution in [2.24, 2.45) is 5.92 Å². The van der Waals surface area contributed by atoms with Crippen molar-refractivity contribution in [3.8, 4) is 5.75 Å². The van der Waals surface area contributed by atoms with E-state index in [1.54, 1.807) is 0 Å². The van der Waals surface area contributed by atoms with E-state index in [0.717, 1.165) is 16.8 Å². The number of carbonyl (C=O) groups excluding carboxylic acids is 2. The number of ether oxygens (including phenoxy) is 2. The average molecular weight is 432 g/mol. The van der Waals surface area contributed by atoms with Crippen LogP contribution in [0, 0.1) is 5.92 Å². The van der Waals surface area contributed by atoms with Gasteiger partial charge in [0.15, 0.2) is 0 Å². The Bertz CT molecular complexity index is 1080. The summed E-state index contributed by atoms with van der Waals surface area (Å²) < 4.78 is 11.2. The lowest BCUT2D eigenvalue weighted by molar-refractivity contribution is -0.136. The maximum absolute atomic E-state index is 13.6. The van der Waals surface area contributed by atoms with Gasteiger partial charge in [0, 0.05) is 35.2 Å². The number of nitrogens with one attached hydrogen (secondary N) is 1. The van der Waals surface area contributed by atoms with Gasteiger partial charge < -0.3 is 14.8 Å². The molecule has 0 fully saturated rings. The fourth-order valence-corrected chi connectivity index (χ4v) is 4.80. The summed E-state index contributed by atoms with van der Waals surface area (Å²) in [4.78, 5) is 26.5. The van der Waals surface area contributed by atoms with Crippen LogP contribution in [0.5, 0.6) is 5.75 Å². The Balaban J connectivity index is 1.87. The number of rotatable bonds is 5. The SMILES string of the molecule is COC(=O)C1=C(C)NC2=CC(c3ccccc3)CC(=O)C2C1c1ccccc1OC(C)C. The number of hydrogen-bond acceptors (Lipinski definition) is 5. The molecule has 0 amide bonds. The molecule has 0 aromatic heterocycles. The Morgan fingerprint density at radius 3 is 2.41 bits per heavy atom. The molecule has 5 nitrogen and oxygen atoms in total. The third-order valence-corrected chi connectivity index (χ3v) is 6.11. The molecule has 1 aliphatic heterocycles. The van der Waals surface area contributed by atoms with Crippen LogP contribution in [0.3, 0.4) is 0 Å². The highest BCUT2D eigenvalue weighted by atomic mass is 16.5. The number of benzene rings is 2. The second-order valence-corrected chi connectivity index (χ2v) is 8.62. The van der Waals surface area contributed by atoms with Crippen molar-refractivity contribution in [1.82, 2.24) is 5.32 Å². The summed E-state index contributed by atoms with van der Waals surface area (Å²) in [7, 11) is 1.37. The first-order chi connectivity index (χ1) is 15.4. The molecule has 166 valence electrons. The van der Waals surface area contributed by atoms with E-state index in [1.165, 1.54) is 7.11 Å². The Morgan fingerprint density at radius 1 is 1.03 bits per heavy atom. The van der Waals surface area contributed by atoms with E-state index in [2.05, 4.69) is 11.4 Å². The third kappa shape index (κ3) is 4.07. The van der Waals surface area contributed by atoms with Crippen molar-refractivity contribution in [2.75, 3.05) is 7.11 Å². The quantitative estimate of drug-likeness (QED) is 0.685. The highest BCUT2D eigenvalue weighted by molar-refractivity contribution is 5.96. The van der Waals surface area contributed by atoms with E-state index < -0.39 is 17.8 Å². The molecule has 2 aromatic rings. The number of esters is 1. The summed E-state index contributed by atoms with van der Waals surface area (Å²) >= 11 is 0. The standard InChI is InChI=1S/C27H29NO4/c1-16(2)32-23-13-9-8-12-20(23)25-24(27(30)31-4)17(3)28-21-14-19(15-22(29)26(21)25)18-10-6-5-7-11-18/h5-14,16,19,25-26,28H,15H2,1-4H3. The van der Waals surface area contributed by atoms with Crippen LogP contribution in [0.4, 0.5) is 0 Å². The van der Waals surface area contributed by atoms with Crippen LogP contribution >= 0.6 is 0 Å². The maximum Gasteiger partial charge on any atom is 0.336 e. The number of carbonyl (C=O) groups is 2. The molecule has 5 heteroatoms. The number of methoxy groups -OCH3 is 1. The molecule has 1 heterocycles. The zero-order chi connectivity index (χ0) is 22.8. The van der Waals surface area contributed by atoms with E-state index in [-0.39, 0.29) is 17.8 Å². The Kier molecular flexibility index (Phi) is 6.17. The third-order valence-electron chi connectivity index (χ3n) is 6.11. The van der Waals surface area contributed by atoms with Gasteiger partial charge in [0.25, 0.3) is 0 Å². The number of Topliss-reactive ketones (excluding diaryl/α,β-unsaturated/α-hetero) is 1. The molecule has 2 aromatic carbocycles. The predicted molar refractivity (Wildman–Crippen MR) is 123 cm³/mol. The molecule has 32 heavy (non-hydrogen) atoms. The Labute approximate surface area is 189 Å². The fraction of sp³-hybridized carbons (Fsp3) is 0.333. The van der Waals surface area contributed by atoms with Gasteiger partial charge in [0.1, 0.15) is 11.5 Å². The van der Waals surface area contributed by atoms with Gasteiger partial charge in [-0.05, 0) is 32.4 Å². The van der Waals surface area contributed by atoms with E-state index in [9.17, 15) is 9.59 Å². The first kappa shape index (κ1) is 21.9. The van der Waals surface area contributed by atoms with Crippen LogP contribution in [0.25, 0.3) is 0 Å². The summed E-state index contributed by atoms with van der Waals surface area (Å²) in [6.45, 7) is 5.78. The van der Waals surface area contributed by atoms with Gasteiger partial charge in [-0.15, -0.1) is 0 Å². The van der Waals surface area contributed by atoms with Gasteiger partial charge in [0.05, 0.1) is 24.7 Å². The molecule has 2 aliphatic rings. The number of hydrogen-bond donors (Lipinski definition) is 1. The molecule has 4 rings (SSSR count). The van der Waals surface area contributed by atoms with Crippen LogP contribution in [-0.2, 0) is 14.3 Å². The van der Waals surface area contributed by atoms with Crippen LogP contribution in [-0.4, -0.2) is 25.0 Å². The van der Waals surface area contributed by atoms with Gasteiger partial charge >= 0.3 is 5.97 Å². The van der Waals surface area contributed by atoms with Gasteiger partial charge in [-0.1, -0.05) is 54.6 Å². The first-order valence-electron chi connectivity index (χ1n) is 11.0. The minimum absolute atomic E-state index is 0.00210. The number of allylic oxidation sites excluding steroid dienone is 3. The van der Waals surface area contributed by atoms with Crippen molar-refractivity contribution in [3.63, 3.8) is 0 Å². The molecule has 1 aliphatic carbocycles. The summed E-state index contributed by atoms with van der Waals surface area (Å²) in [6, 6.07) is 17.7. The average Bonchev–Trinajstić information content (AvgIpc) is 2.78. The number of fused-ring (bicyclic) bond motifs is 1. The molecule has 3 atom stereocenters. The van der Waals surface area contributed by atoms with Crippen LogP contribution in [0.1, 0.15) is 50.2 Å². The topological polar surface area (TPSA) is 64.6 Å². The van der Waals surface area contributed by atoms with Gasteiger partial charge in [-0.25, -0.2) is 4.79 Å². The second-order valence-electron chi connectivity index (χ2n) is 8.62. The molecular formula is C27H29NO4. The molecule has 1 N–H and O–H groups in total. The monoisotopic (exact) mass is 431 g/mol. The maximum atomic E-state index is 13.6. The van der Waals surface area contributed by atoms with Gasteiger partial charge in [0.2, 0.25) is 0 Å². The van der Waals surface area contributed by atoms with Crippen molar-refractivity contribution >= 4 is 11.8 Å². The lowest BCUT2D eigenvalue weighted by Gasteiger charge is -2.40. The molecule has 0 saturated heterocycles. The van der Waals surface area contributed by atoms with Crippen molar-refractivity contribution in [1.29, 1.82) is 0 Å². The summed E-state index contributed by atoms with van der Waals surface area (Å²) in [5.41, 5.74) is 3.94. The number of ketones is 1. The second kappa shape index (κ2) is 9.03. The zero-order valence-electron chi connectivity index (χ0n) is 18.9. The minimum Gasteiger partial charge on any atom is -0.491 e. The summed E-state index contributed by atoms with van der Waals surface area (Å²) in [5.74, 6) is -0.629. The largest absolute Gasteiger partial charge is 0.491 e. The van der Waals surface area contributed by atoms with Crippen molar-refractivity contribution < 1.29 is 19.1 Å². The highest BCUT2D eigenvalue weighted by Gasteiger charge is 2.45. The molecule has 0 spiro atoms. The van der Waals surface area contributed by atoms with Gasteiger partial charge in [-0.3, -0.25) is 4.79 Å². The van der Waals surface area contributed by atoms with Crippen molar-refractivity contribution in [3.05, 3.63) is 88.8 Å². The first-order valence-corrected chi connectivity index (χ1v) is 11.0. The minimum atomic E-state index is -0.496. The van der Waals surface area contributed by atoms with Gasteiger partial charge in [-0.2, -0.15) is 0 Å². The Hall–Kier alpha value is -3.34. The molecule has 0 saturated carbocycles. The molecule has 3 unspecified atom stereocenters. The Morgan fingerprint density at radius 2 is 1.72 bits per heavy atom. The highest BCUT2D eigenvalue weighted by Crippen LogP contribution is 2.48. The van der Waals surface area contributed by atoms with E-state index in [1.807, 2.05) is 75.4 Å². The van der Waals surface area contributed by atoms with E-state index >= 15 is 0 Å². The lowest BCUT2D eigenvalue weighted by Crippen LogP contribution is -2.42. The normalized spacial score (nSPS) is 22.7. The summed E-state index contributed by atoms with van der Waals surface area (Å²) in [5, 5.41) is 3.35. The van der Waals surface area contributed by atoms with Crippen LogP contribution in [0.2, 0.25) is 0 Å². The van der Waals surface area contributed by atoms with Crippen LogP contribution < -0.4 is 10.1 Å². The fourth-order valence-electron chi connectivity index (χ4n) is 4.80. The lowest BCUT2D eigenvalue weighted by atomic mass is 9.68. The van der Waals surface area contributed by atoms with E-state index in [4.69, 9.17) is 9.47 Å². The molecule has 0 radical (unpaired) electrons. The molecular weight excluding hydrogens is 402 g/mol. The molecule has 0 bridgehead atoms.